The number of ether oxygens (including phenoxy) is 2. The fourth-order valence-corrected chi connectivity index (χ4v) is 8.22. The molecule has 0 bridgehead atoms. The lowest BCUT2D eigenvalue weighted by Gasteiger charge is -2.61. The summed E-state index contributed by atoms with van der Waals surface area (Å²) >= 11 is 0. The van der Waals surface area contributed by atoms with Crippen molar-refractivity contribution in [1.29, 1.82) is 0 Å². The standard InChI is InChI=1S/C24H38O3/c1-5-26-15-27-18-10-12-23(3)17(14-18)6-7-19-21-9-8-20(16(2)25)24(21,4)13-11-22(19)23/h5,17-22H,1,6-15H2,2-4H3/t17-,18+,19-,20?,21-,22-,23-,24?/m0/s1. The number of rotatable bonds is 5. The molecule has 3 heteroatoms. The molecule has 0 radical (unpaired) electrons. The molecule has 0 aromatic carbocycles. The van der Waals surface area contributed by atoms with E-state index < -0.39 is 0 Å². The number of carbonyl (C=O) groups excluding carboxylic acids is 1. The fourth-order valence-electron chi connectivity index (χ4n) is 8.22. The van der Waals surface area contributed by atoms with Gasteiger partial charge in [-0.1, -0.05) is 20.4 Å². The SMILES string of the molecule is C=COCO[C@@H]1CC[C@@]2(C)[C@@H](CC[C@H]3[C@@H]4CCC(C(C)=O)C4(C)CC[C@@H]32)C1. The van der Waals surface area contributed by atoms with E-state index in [0.29, 0.717) is 30.0 Å². The smallest absolute Gasteiger partial charge is 0.188 e. The third-order valence-corrected chi connectivity index (χ3v) is 9.60. The van der Waals surface area contributed by atoms with Crippen molar-refractivity contribution in [3.63, 3.8) is 0 Å². The van der Waals surface area contributed by atoms with Gasteiger partial charge in [0.1, 0.15) is 5.78 Å². The topological polar surface area (TPSA) is 35.5 Å². The fraction of sp³-hybridized carbons (Fsp3) is 0.875. The van der Waals surface area contributed by atoms with Crippen molar-refractivity contribution in [1.82, 2.24) is 0 Å². The number of Topliss-reactive ketones (excluding diaryl/α,β-unsaturated/α-hetero) is 1. The van der Waals surface area contributed by atoms with Crippen molar-refractivity contribution in [2.24, 2.45) is 40.4 Å². The molecule has 0 aliphatic heterocycles. The maximum absolute atomic E-state index is 12.3. The van der Waals surface area contributed by atoms with E-state index in [9.17, 15) is 4.79 Å². The third kappa shape index (κ3) is 3.09. The number of hydrogen-bond donors (Lipinski definition) is 0. The summed E-state index contributed by atoms with van der Waals surface area (Å²) in [5.41, 5.74) is 0.746. The van der Waals surface area contributed by atoms with Crippen molar-refractivity contribution in [3.05, 3.63) is 12.8 Å². The van der Waals surface area contributed by atoms with Crippen LogP contribution in [0.1, 0.15) is 78.6 Å². The molecule has 0 amide bonds. The monoisotopic (exact) mass is 374 g/mol. The van der Waals surface area contributed by atoms with Crippen molar-refractivity contribution in [2.75, 3.05) is 6.79 Å². The van der Waals surface area contributed by atoms with Gasteiger partial charge in [0.15, 0.2) is 6.79 Å². The summed E-state index contributed by atoms with van der Waals surface area (Å²) < 4.78 is 11.1. The van der Waals surface area contributed by atoms with E-state index in [2.05, 4.69) is 20.4 Å². The van der Waals surface area contributed by atoms with Crippen LogP contribution in [0.15, 0.2) is 12.8 Å². The quantitative estimate of drug-likeness (QED) is 0.350. The molecule has 4 rings (SSSR count). The van der Waals surface area contributed by atoms with Crippen LogP contribution in [0.25, 0.3) is 0 Å². The molecule has 27 heavy (non-hydrogen) atoms. The second-order valence-electron chi connectivity index (χ2n) is 10.5. The molecule has 0 heterocycles. The molecule has 3 nitrogen and oxygen atoms in total. The zero-order valence-electron chi connectivity index (χ0n) is 17.5. The number of fused-ring (bicyclic) bond motifs is 5. The summed E-state index contributed by atoms with van der Waals surface area (Å²) in [6, 6.07) is 0. The maximum Gasteiger partial charge on any atom is 0.188 e. The zero-order valence-corrected chi connectivity index (χ0v) is 17.5. The van der Waals surface area contributed by atoms with E-state index in [1.807, 2.05) is 6.92 Å². The Bertz CT molecular complexity index is 586. The molecule has 4 saturated carbocycles. The zero-order chi connectivity index (χ0) is 19.2. The second kappa shape index (κ2) is 7.21. The summed E-state index contributed by atoms with van der Waals surface area (Å²) in [4.78, 5) is 12.3. The summed E-state index contributed by atoms with van der Waals surface area (Å²) in [6.07, 6.45) is 13.2. The highest BCUT2D eigenvalue weighted by Gasteiger charge is 2.60. The van der Waals surface area contributed by atoms with Crippen LogP contribution in [0.4, 0.5) is 0 Å². The van der Waals surface area contributed by atoms with Crippen molar-refractivity contribution >= 4 is 5.78 Å². The van der Waals surface area contributed by atoms with Crippen LogP contribution in [0, 0.1) is 40.4 Å². The second-order valence-corrected chi connectivity index (χ2v) is 10.5. The molecule has 0 aromatic heterocycles. The highest BCUT2D eigenvalue weighted by Crippen LogP contribution is 2.67. The van der Waals surface area contributed by atoms with E-state index in [1.54, 1.807) is 0 Å². The first-order chi connectivity index (χ1) is 12.9. The summed E-state index contributed by atoms with van der Waals surface area (Å²) in [5.74, 6) is 4.02. The van der Waals surface area contributed by atoms with Crippen molar-refractivity contribution in [3.8, 4) is 0 Å². The van der Waals surface area contributed by atoms with E-state index in [-0.39, 0.29) is 5.41 Å². The molecule has 4 aliphatic rings. The van der Waals surface area contributed by atoms with Crippen molar-refractivity contribution < 1.29 is 14.3 Å². The van der Waals surface area contributed by atoms with Gasteiger partial charge in [-0.25, -0.2) is 0 Å². The Balaban J connectivity index is 1.47. The predicted molar refractivity (Wildman–Crippen MR) is 107 cm³/mol. The van der Waals surface area contributed by atoms with Crippen LogP contribution >= 0.6 is 0 Å². The van der Waals surface area contributed by atoms with Gasteiger partial charge in [-0.2, -0.15) is 0 Å². The van der Waals surface area contributed by atoms with Crippen LogP contribution in [0.3, 0.4) is 0 Å². The minimum atomic E-state index is 0.276. The van der Waals surface area contributed by atoms with Crippen molar-refractivity contribution in [2.45, 2.75) is 84.7 Å². The van der Waals surface area contributed by atoms with Gasteiger partial charge in [0.05, 0.1) is 12.4 Å². The van der Waals surface area contributed by atoms with Gasteiger partial charge < -0.3 is 9.47 Å². The van der Waals surface area contributed by atoms with Crippen LogP contribution in [0.2, 0.25) is 0 Å². The van der Waals surface area contributed by atoms with Gasteiger partial charge in [0, 0.05) is 5.92 Å². The van der Waals surface area contributed by atoms with E-state index >= 15 is 0 Å². The highest BCUT2D eigenvalue weighted by atomic mass is 16.7. The molecule has 2 unspecified atom stereocenters. The van der Waals surface area contributed by atoms with Gasteiger partial charge in [0.25, 0.3) is 0 Å². The van der Waals surface area contributed by atoms with E-state index in [1.165, 1.54) is 51.2 Å². The van der Waals surface area contributed by atoms with Gasteiger partial charge in [0.2, 0.25) is 0 Å². The Hall–Kier alpha value is -0.830. The highest BCUT2D eigenvalue weighted by molar-refractivity contribution is 5.79. The third-order valence-electron chi connectivity index (χ3n) is 9.60. The lowest BCUT2D eigenvalue weighted by molar-refractivity contribution is -0.151. The minimum Gasteiger partial charge on any atom is -0.476 e. The lowest BCUT2D eigenvalue weighted by Crippen LogP contribution is -2.54. The predicted octanol–water partition coefficient (Wildman–Crippen LogP) is 5.74. The van der Waals surface area contributed by atoms with Crippen LogP contribution in [-0.4, -0.2) is 18.7 Å². The van der Waals surface area contributed by atoms with Gasteiger partial charge in [-0.05, 0) is 99.2 Å². The van der Waals surface area contributed by atoms with Gasteiger partial charge in [-0.15, -0.1) is 0 Å². The van der Waals surface area contributed by atoms with Gasteiger partial charge in [-0.3, -0.25) is 4.79 Å². The molecule has 0 saturated heterocycles. The Morgan fingerprint density at radius 3 is 2.52 bits per heavy atom. The molecule has 0 spiro atoms. The Labute approximate surface area is 165 Å². The number of hydrogen-bond acceptors (Lipinski definition) is 3. The lowest BCUT2D eigenvalue weighted by atomic mass is 9.44. The van der Waals surface area contributed by atoms with Crippen LogP contribution in [0.5, 0.6) is 0 Å². The minimum absolute atomic E-state index is 0.276. The largest absolute Gasteiger partial charge is 0.476 e. The average Bonchev–Trinajstić information content (AvgIpc) is 2.99. The molecule has 152 valence electrons. The summed E-state index contributed by atoms with van der Waals surface area (Å²) in [5, 5.41) is 0. The van der Waals surface area contributed by atoms with Gasteiger partial charge >= 0.3 is 0 Å². The normalized spacial score (nSPS) is 48.9. The molecule has 0 N–H and O–H groups in total. The maximum atomic E-state index is 12.3. The molecule has 4 aliphatic carbocycles. The molecular weight excluding hydrogens is 336 g/mol. The Kier molecular flexibility index (Phi) is 5.20. The van der Waals surface area contributed by atoms with Crippen LogP contribution in [-0.2, 0) is 14.3 Å². The van der Waals surface area contributed by atoms with E-state index in [4.69, 9.17) is 9.47 Å². The Morgan fingerprint density at radius 2 is 1.78 bits per heavy atom. The molecule has 8 atom stereocenters. The number of carbonyl (C=O) groups is 1. The van der Waals surface area contributed by atoms with E-state index in [0.717, 1.165) is 36.5 Å². The summed E-state index contributed by atoms with van der Waals surface area (Å²) in [7, 11) is 0. The molecular formula is C24H38O3. The number of ketones is 1. The molecule has 4 fully saturated rings. The van der Waals surface area contributed by atoms with Crippen LogP contribution < -0.4 is 0 Å². The first kappa shape index (κ1) is 19.5. The molecule has 0 aromatic rings. The summed E-state index contributed by atoms with van der Waals surface area (Å²) in [6.45, 7) is 10.8. The Morgan fingerprint density at radius 1 is 1.04 bits per heavy atom. The average molecular weight is 375 g/mol. The first-order valence-electron chi connectivity index (χ1n) is 11.2. The first-order valence-corrected chi connectivity index (χ1v) is 11.2.